The Balaban J connectivity index is 1.32. The first kappa shape index (κ1) is 20.0. The Hall–Kier alpha value is -2.92. The lowest BCUT2D eigenvalue weighted by Gasteiger charge is -2.39. The summed E-state index contributed by atoms with van der Waals surface area (Å²) in [6, 6.07) is 21.3. The van der Waals surface area contributed by atoms with Crippen molar-refractivity contribution in [1.82, 2.24) is 4.90 Å². The van der Waals surface area contributed by atoms with Crippen molar-refractivity contribution < 1.29 is 19.6 Å². The highest BCUT2D eigenvalue weighted by atomic mass is 16.4. The van der Waals surface area contributed by atoms with Gasteiger partial charge in [0.25, 0.3) is 0 Å². The van der Waals surface area contributed by atoms with E-state index in [0.29, 0.717) is 13.1 Å². The molecule has 5 rings (SSSR count). The summed E-state index contributed by atoms with van der Waals surface area (Å²) in [7, 11) is 0. The number of nitrogens with one attached hydrogen (secondary N) is 1. The second-order valence-corrected chi connectivity index (χ2v) is 9.06. The van der Waals surface area contributed by atoms with Gasteiger partial charge in [0.1, 0.15) is 6.04 Å². The minimum Gasteiger partial charge on any atom is -0.550 e. The fraction of sp³-hybridized carbons (Fsp3) is 0.385. The predicted molar refractivity (Wildman–Crippen MR) is 115 cm³/mol. The van der Waals surface area contributed by atoms with Crippen molar-refractivity contribution in [3.63, 3.8) is 0 Å². The van der Waals surface area contributed by atoms with Crippen LogP contribution in [0.3, 0.4) is 0 Å². The lowest BCUT2D eigenvalue weighted by atomic mass is 9.82. The van der Waals surface area contributed by atoms with Crippen molar-refractivity contribution in [2.24, 2.45) is 23.7 Å². The maximum Gasteiger partial charge on any atom is 0.227 e. The molecule has 31 heavy (non-hydrogen) atoms. The molecule has 1 saturated heterocycles. The number of hydrogen-bond acceptors (Lipinski definition) is 3. The van der Waals surface area contributed by atoms with Gasteiger partial charge in [-0.1, -0.05) is 72.8 Å². The van der Waals surface area contributed by atoms with Crippen LogP contribution in [0.15, 0.2) is 72.8 Å². The number of fused-ring (bicyclic) bond motifs is 2. The SMILES string of the molecule is O=C([O-])[C@H]1[C@H](C(=O)N2CC[NH+](C(c3ccccc3)c3ccccc3)CC2)[C@H]2C=C[C@@H]1C2. The van der Waals surface area contributed by atoms with Crippen molar-refractivity contribution in [3.05, 3.63) is 83.9 Å². The van der Waals surface area contributed by atoms with Crippen molar-refractivity contribution in [2.75, 3.05) is 26.2 Å². The Morgan fingerprint density at radius 3 is 1.87 bits per heavy atom. The summed E-state index contributed by atoms with van der Waals surface area (Å²) < 4.78 is 0. The molecule has 2 fully saturated rings. The molecule has 1 heterocycles. The summed E-state index contributed by atoms with van der Waals surface area (Å²) in [5.74, 6) is -2.20. The van der Waals surface area contributed by atoms with Crippen molar-refractivity contribution in [3.8, 4) is 0 Å². The zero-order valence-corrected chi connectivity index (χ0v) is 17.5. The van der Waals surface area contributed by atoms with Gasteiger partial charge < -0.3 is 19.7 Å². The van der Waals surface area contributed by atoms with Gasteiger partial charge in [0.2, 0.25) is 5.91 Å². The van der Waals surface area contributed by atoms with Crippen LogP contribution in [0, 0.1) is 23.7 Å². The predicted octanol–water partition coefficient (Wildman–Crippen LogP) is 0.691. The van der Waals surface area contributed by atoms with Crippen LogP contribution < -0.4 is 10.0 Å². The van der Waals surface area contributed by atoms with Gasteiger partial charge in [0.05, 0.1) is 32.1 Å². The number of benzene rings is 2. The van der Waals surface area contributed by atoms with Crippen molar-refractivity contribution in [1.29, 1.82) is 0 Å². The number of quaternary nitrogens is 1. The van der Waals surface area contributed by atoms with E-state index in [0.717, 1.165) is 19.5 Å². The zero-order valence-electron chi connectivity index (χ0n) is 17.5. The second-order valence-electron chi connectivity index (χ2n) is 9.06. The minimum absolute atomic E-state index is 0.000993. The summed E-state index contributed by atoms with van der Waals surface area (Å²) >= 11 is 0. The minimum atomic E-state index is -1.08. The van der Waals surface area contributed by atoms with Crippen LogP contribution in [0.1, 0.15) is 23.6 Å². The van der Waals surface area contributed by atoms with Gasteiger partial charge in [-0.05, 0) is 18.3 Å². The molecule has 0 radical (unpaired) electrons. The molecule has 2 aliphatic carbocycles. The Morgan fingerprint density at radius 1 is 0.839 bits per heavy atom. The molecule has 1 aliphatic heterocycles. The molecule has 0 spiro atoms. The van der Waals surface area contributed by atoms with Gasteiger partial charge >= 0.3 is 0 Å². The van der Waals surface area contributed by atoms with Crippen LogP contribution in [-0.2, 0) is 9.59 Å². The van der Waals surface area contributed by atoms with E-state index >= 15 is 0 Å². The number of nitrogens with zero attached hydrogens (tertiary/aromatic N) is 1. The molecule has 2 aromatic rings. The Kier molecular flexibility index (Phi) is 5.36. The number of amides is 1. The van der Waals surface area contributed by atoms with Crippen LogP contribution in [0.2, 0.25) is 0 Å². The quantitative estimate of drug-likeness (QED) is 0.730. The monoisotopic (exact) mass is 416 g/mol. The van der Waals surface area contributed by atoms with Gasteiger partial charge in [0.15, 0.2) is 0 Å². The second kappa shape index (κ2) is 8.31. The van der Waals surface area contributed by atoms with E-state index in [-0.39, 0.29) is 23.8 Å². The number of piperazine rings is 1. The number of carboxylic acid groups (broad SMARTS) is 1. The van der Waals surface area contributed by atoms with Gasteiger partial charge in [0, 0.05) is 23.0 Å². The Labute approximate surface area is 183 Å². The Morgan fingerprint density at radius 2 is 1.35 bits per heavy atom. The van der Waals surface area contributed by atoms with Crippen LogP contribution in [0.4, 0.5) is 0 Å². The first-order chi connectivity index (χ1) is 15.1. The normalized spacial score (nSPS) is 27.7. The lowest BCUT2D eigenvalue weighted by Crippen LogP contribution is -3.15. The Bertz CT molecular complexity index is 927. The number of carboxylic acids is 1. The van der Waals surface area contributed by atoms with Crippen LogP contribution in [-0.4, -0.2) is 43.0 Å². The summed E-state index contributed by atoms with van der Waals surface area (Å²) in [5, 5.41) is 11.7. The molecule has 1 amide bonds. The van der Waals surface area contributed by atoms with E-state index in [4.69, 9.17) is 0 Å². The number of rotatable bonds is 5. The first-order valence-electron chi connectivity index (χ1n) is 11.3. The standard InChI is InChI=1S/C26H28N2O3/c29-25(22-20-11-12-21(17-20)23(22)26(30)31)28-15-13-27(14-16-28)24(18-7-3-1-4-8-18)19-9-5-2-6-10-19/h1-12,20-24H,13-17H2,(H,30,31)/t20-,21+,22+,23+/m0/s1. The third-order valence-corrected chi connectivity index (χ3v) is 7.41. The molecule has 2 bridgehead atoms. The number of allylic oxidation sites excluding steroid dienone is 2. The van der Waals surface area contributed by atoms with Gasteiger partial charge in [-0.15, -0.1) is 0 Å². The highest BCUT2D eigenvalue weighted by molar-refractivity contribution is 5.86. The summed E-state index contributed by atoms with van der Waals surface area (Å²) in [6.45, 7) is 2.99. The van der Waals surface area contributed by atoms with E-state index in [1.54, 1.807) is 0 Å². The van der Waals surface area contributed by atoms with E-state index < -0.39 is 17.8 Å². The largest absolute Gasteiger partial charge is 0.550 e. The molecule has 5 heteroatoms. The van der Waals surface area contributed by atoms with Crippen molar-refractivity contribution in [2.45, 2.75) is 12.5 Å². The zero-order chi connectivity index (χ0) is 21.4. The highest BCUT2D eigenvalue weighted by Gasteiger charge is 2.50. The van der Waals surface area contributed by atoms with Gasteiger partial charge in [-0.25, -0.2) is 0 Å². The molecule has 5 nitrogen and oxygen atoms in total. The molecule has 1 N–H and O–H groups in total. The van der Waals surface area contributed by atoms with Crippen LogP contribution in [0.25, 0.3) is 0 Å². The lowest BCUT2D eigenvalue weighted by molar-refractivity contribution is -0.929. The fourth-order valence-electron chi connectivity index (χ4n) is 5.95. The summed E-state index contributed by atoms with van der Waals surface area (Å²) in [4.78, 5) is 28.4. The van der Waals surface area contributed by atoms with E-state index in [1.165, 1.54) is 16.0 Å². The smallest absolute Gasteiger partial charge is 0.227 e. The molecule has 0 aromatic heterocycles. The van der Waals surface area contributed by atoms with Crippen molar-refractivity contribution >= 4 is 11.9 Å². The van der Waals surface area contributed by atoms with Gasteiger partial charge in [-0.3, -0.25) is 4.79 Å². The first-order valence-corrected chi connectivity index (χ1v) is 11.3. The van der Waals surface area contributed by atoms with Crippen LogP contribution >= 0.6 is 0 Å². The highest BCUT2D eigenvalue weighted by Crippen LogP contribution is 2.48. The molecule has 1 saturated carbocycles. The summed E-state index contributed by atoms with van der Waals surface area (Å²) in [5.41, 5.74) is 2.55. The van der Waals surface area contributed by atoms with E-state index in [2.05, 4.69) is 48.5 Å². The molecular weight excluding hydrogens is 388 g/mol. The number of carbonyl (C=O) groups is 2. The molecule has 0 unspecified atom stereocenters. The third-order valence-electron chi connectivity index (χ3n) is 7.41. The maximum absolute atomic E-state index is 13.3. The fourth-order valence-corrected chi connectivity index (χ4v) is 5.95. The molecule has 2 aromatic carbocycles. The molecule has 3 aliphatic rings. The maximum atomic E-state index is 13.3. The average molecular weight is 417 g/mol. The van der Waals surface area contributed by atoms with E-state index in [9.17, 15) is 14.7 Å². The summed E-state index contributed by atoms with van der Waals surface area (Å²) in [6.07, 6.45) is 4.76. The molecule has 160 valence electrons. The number of hydrogen-bond donors (Lipinski definition) is 1. The topological polar surface area (TPSA) is 64.9 Å². The number of carbonyl (C=O) groups excluding carboxylic acids is 2. The molecular formula is C26H28N2O3. The third kappa shape index (κ3) is 3.68. The van der Waals surface area contributed by atoms with Crippen LogP contribution in [0.5, 0.6) is 0 Å². The van der Waals surface area contributed by atoms with E-state index in [1.807, 2.05) is 29.2 Å². The molecule has 4 atom stereocenters. The average Bonchev–Trinajstić information content (AvgIpc) is 3.43. The van der Waals surface area contributed by atoms with Gasteiger partial charge in [-0.2, -0.15) is 0 Å². The number of aliphatic carboxylic acids is 1.